The van der Waals surface area contributed by atoms with E-state index >= 15 is 0 Å². The van der Waals surface area contributed by atoms with Crippen molar-refractivity contribution >= 4 is 33.3 Å². The minimum absolute atomic E-state index is 0.0452. The molecule has 34 heavy (non-hydrogen) atoms. The van der Waals surface area contributed by atoms with Gasteiger partial charge in [-0.25, -0.2) is 18.0 Å². The molecular formula is C20H27F3N4O6S. The van der Waals surface area contributed by atoms with E-state index in [0.717, 1.165) is 36.2 Å². The number of carbonyl (C=O) groups is 2. The van der Waals surface area contributed by atoms with Crippen molar-refractivity contribution in [2.75, 3.05) is 29.5 Å². The molecule has 0 spiro atoms. The highest BCUT2D eigenvalue weighted by atomic mass is 32.2. The van der Waals surface area contributed by atoms with Gasteiger partial charge in [0, 0.05) is 31.5 Å². The Bertz CT molecular complexity index is 1150. The molecule has 0 radical (unpaired) electrons. The molecule has 0 amide bonds. The maximum Gasteiger partial charge on any atom is 0.490 e. The Morgan fingerprint density at radius 2 is 1.76 bits per heavy atom. The van der Waals surface area contributed by atoms with E-state index in [1.54, 1.807) is 12.1 Å². The molecule has 3 N–H and O–H groups in total. The summed E-state index contributed by atoms with van der Waals surface area (Å²) >= 11 is 0. The molecule has 1 aromatic heterocycles. The normalized spacial score (nSPS) is 11.4. The van der Waals surface area contributed by atoms with Gasteiger partial charge in [0.05, 0.1) is 23.2 Å². The zero-order valence-corrected chi connectivity index (χ0v) is 20.1. The highest BCUT2D eigenvalue weighted by Crippen LogP contribution is 2.25. The lowest BCUT2D eigenvalue weighted by Crippen LogP contribution is -2.23. The predicted octanol–water partition coefficient (Wildman–Crippen LogP) is 2.90. The van der Waals surface area contributed by atoms with Crippen LogP contribution in [0.2, 0.25) is 0 Å². The average Bonchev–Trinajstić information content (AvgIpc) is 2.97. The number of aromatic nitrogens is 2. The highest BCUT2D eigenvalue weighted by Gasteiger charge is 2.38. The molecule has 1 heterocycles. The first-order valence-electron chi connectivity index (χ1n) is 9.87. The number of carboxylic acid groups (broad SMARTS) is 2. The van der Waals surface area contributed by atoms with Gasteiger partial charge in [0.2, 0.25) is 10.0 Å². The fourth-order valence-electron chi connectivity index (χ4n) is 3.12. The number of hydrogen-bond acceptors (Lipinski definition) is 6. The smallest absolute Gasteiger partial charge is 0.478 e. The topological polar surface area (TPSA) is 142 Å². The number of aliphatic carboxylic acids is 1. The van der Waals surface area contributed by atoms with Crippen molar-refractivity contribution in [3.63, 3.8) is 0 Å². The number of hydrogen-bond donors (Lipinski definition) is 3. The second-order valence-electron chi connectivity index (χ2n) is 7.35. The summed E-state index contributed by atoms with van der Waals surface area (Å²) in [5, 5.41) is 21.2. The van der Waals surface area contributed by atoms with E-state index < -0.39 is 28.1 Å². The maximum absolute atomic E-state index is 11.7. The molecule has 0 saturated carbocycles. The van der Waals surface area contributed by atoms with Crippen LogP contribution in [0.25, 0.3) is 0 Å². The van der Waals surface area contributed by atoms with Gasteiger partial charge in [0.15, 0.2) is 0 Å². The van der Waals surface area contributed by atoms with Crippen molar-refractivity contribution < 1.29 is 41.4 Å². The lowest BCUT2D eigenvalue weighted by molar-refractivity contribution is -0.192. The third-order valence-corrected chi connectivity index (χ3v) is 5.32. The molecule has 0 unspecified atom stereocenters. The molecule has 190 valence electrons. The number of aryl methyl sites for hydroxylation is 2. The molecular weight excluding hydrogens is 481 g/mol. The second-order valence-corrected chi connectivity index (χ2v) is 9.10. The number of anilines is 2. The summed E-state index contributed by atoms with van der Waals surface area (Å²) in [5.74, 6) is -3.87. The molecule has 1 aromatic carbocycles. The third kappa shape index (κ3) is 8.24. The number of rotatable bonds is 8. The maximum atomic E-state index is 11.7. The fraction of sp³-hybridized carbons (Fsp3) is 0.450. The molecule has 0 bridgehead atoms. The first-order chi connectivity index (χ1) is 15.5. The Labute approximate surface area is 195 Å². The number of sulfonamides is 1. The van der Waals surface area contributed by atoms with E-state index in [4.69, 9.17) is 9.90 Å². The summed E-state index contributed by atoms with van der Waals surface area (Å²) in [6, 6.07) is 4.51. The Kier molecular flexibility index (Phi) is 9.49. The van der Waals surface area contributed by atoms with Gasteiger partial charge in [-0.2, -0.15) is 18.3 Å². The first-order valence-corrected chi connectivity index (χ1v) is 11.8. The fourth-order valence-corrected chi connectivity index (χ4v) is 3.68. The Balaban J connectivity index is 0.000000718. The van der Waals surface area contributed by atoms with Crippen molar-refractivity contribution in [1.29, 1.82) is 0 Å². The van der Waals surface area contributed by atoms with Crippen molar-refractivity contribution in [1.82, 2.24) is 9.78 Å². The van der Waals surface area contributed by atoms with Crippen LogP contribution in [0, 0.1) is 13.8 Å². The van der Waals surface area contributed by atoms with Gasteiger partial charge in [-0.1, -0.05) is 0 Å². The van der Waals surface area contributed by atoms with Gasteiger partial charge < -0.3 is 15.1 Å². The largest absolute Gasteiger partial charge is 0.490 e. The minimum atomic E-state index is -5.08. The summed E-state index contributed by atoms with van der Waals surface area (Å²) in [6.45, 7) is 7.47. The summed E-state index contributed by atoms with van der Waals surface area (Å²) in [5.41, 5.74) is 4.06. The molecule has 0 aliphatic heterocycles. The van der Waals surface area contributed by atoms with Crippen LogP contribution >= 0.6 is 0 Å². The molecule has 0 saturated heterocycles. The summed E-state index contributed by atoms with van der Waals surface area (Å²) in [4.78, 5) is 22.4. The number of alkyl halides is 3. The van der Waals surface area contributed by atoms with Gasteiger partial charge in [-0.3, -0.25) is 9.40 Å². The molecule has 0 aliphatic carbocycles. The van der Waals surface area contributed by atoms with E-state index in [2.05, 4.69) is 9.82 Å². The number of nitrogens with one attached hydrogen (secondary N) is 1. The van der Waals surface area contributed by atoms with Gasteiger partial charge in [-0.05, 0) is 51.0 Å². The summed E-state index contributed by atoms with van der Waals surface area (Å²) in [7, 11) is -1.65. The van der Waals surface area contributed by atoms with E-state index in [0.29, 0.717) is 12.2 Å². The number of likely N-dealkylation sites (N-methyl/N-ethyl adjacent to an activating group) is 1. The molecule has 0 fully saturated rings. The van der Waals surface area contributed by atoms with Gasteiger partial charge in [0.25, 0.3) is 0 Å². The quantitative estimate of drug-likeness (QED) is 0.494. The Morgan fingerprint density at radius 1 is 1.21 bits per heavy atom. The van der Waals surface area contributed by atoms with Gasteiger partial charge in [-0.15, -0.1) is 0 Å². The Hall–Kier alpha value is -3.29. The molecule has 14 heteroatoms. The standard InChI is InChI=1S/C18H26N4O4S.C2HF3O2/c1-6-22-13(3)15(12(2)19-22)9-10-21(4)17-8-7-14(20-27(5,25)26)11-16(17)18(23)24;3-2(4,5)1(6)7/h7-8,11,20H,6,9-10H2,1-5H3,(H,23,24);(H,6,7). The predicted molar refractivity (Wildman–Crippen MR) is 120 cm³/mol. The van der Waals surface area contributed by atoms with Gasteiger partial charge in [0.1, 0.15) is 0 Å². The molecule has 0 atom stereocenters. The van der Waals surface area contributed by atoms with Gasteiger partial charge >= 0.3 is 18.1 Å². The Morgan fingerprint density at radius 3 is 2.18 bits per heavy atom. The number of benzene rings is 1. The zero-order chi connectivity index (χ0) is 26.4. The lowest BCUT2D eigenvalue weighted by atomic mass is 10.1. The van der Waals surface area contributed by atoms with Crippen LogP contribution in [0.3, 0.4) is 0 Å². The highest BCUT2D eigenvalue weighted by molar-refractivity contribution is 7.92. The van der Waals surface area contributed by atoms with Crippen molar-refractivity contribution in [3.05, 3.63) is 40.7 Å². The second kappa shape index (κ2) is 11.2. The van der Waals surface area contributed by atoms with Crippen LogP contribution in [0.5, 0.6) is 0 Å². The molecule has 10 nitrogen and oxygen atoms in total. The van der Waals surface area contributed by atoms with Crippen LogP contribution < -0.4 is 9.62 Å². The van der Waals surface area contributed by atoms with Crippen LogP contribution in [0.15, 0.2) is 18.2 Å². The number of carboxylic acids is 2. The monoisotopic (exact) mass is 508 g/mol. The molecule has 2 rings (SSSR count). The van der Waals surface area contributed by atoms with Crippen LogP contribution in [-0.4, -0.2) is 66.4 Å². The van der Waals surface area contributed by atoms with E-state index in [9.17, 15) is 31.5 Å². The molecule has 2 aromatic rings. The third-order valence-electron chi connectivity index (χ3n) is 4.71. The summed E-state index contributed by atoms with van der Waals surface area (Å²) in [6.07, 6.45) is -3.33. The van der Waals surface area contributed by atoms with Crippen molar-refractivity contribution in [2.45, 2.75) is 39.9 Å². The van der Waals surface area contributed by atoms with E-state index in [1.165, 1.54) is 6.07 Å². The van der Waals surface area contributed by atoms with Crippen LogP contribution in [-0.2, 0) is 27.8 Å². The number of nitrogens with zero attached hydrogens (tertiary/aromatic N) is 3. The number of aromatic carboxylic acids is 1. The minimum Gasteiger partial charge on any atom is -0.478 e. The van der Waals surface area contributed by atoms with Crippen molar-refractivity contribution in [3.8, 4) is 0 Å². The van der Waals surface area contributed by atoms with E-state index in [1.807, 2.05) is 37.4 Å². The van der Waals surface area contributed by atoms with E-state index in [-0.39, 0.29) is 11.3 Å². The molecule has 0 aliphatic rings. The first kappa shape index (κ1) is 28.7. The van der Waals surface area contributed by atoms with Crippen LogP contribution in [0.1, 0.15) is 34.2 Å². The zero-order valence-electron chi connectivity index (χ0n) is 19.3. The lowest BCUT2D eigenvalue weighted by Gasteiger charge is -2.22. The van der Waals surface area contributed by atoms with Crippen LogP contribution in [0.4, 0.5) is 24.5 Å². The SMILES string of the molecule is CCn1nc(C)c(CCN(C)c2ccc(NS(C)(=O)=O)cc2C(=O)O)c1C.O=C(O)C(F)(F)F. The summed E-state index contributed by atoms with van der Waals surface area (Å²) < 4.78 is 58.7. The number of halogens is 3. The van der Waals surface area contributed by atoms with Crippen molar-refractivity contribution in [2.24, 2.45) is 0 Å². The average molecular weight is 509 g/mol.